The Morgan fingerprint density at radius 1 is 1.38 bits per heavy atom. The number of nitrogens with zero attached hydrogens (tertiary/aromatic N) is 2. The summed E-state index contributed by atoms with van der Waals surface area (Å²) in [5.41, 5.74) is 1.08. The number of carboxylic acid groups (broad SMARTS) is 1. The Balaban J connectivity index is 2.97. The molecule has 1 heterocycles. The molecule has 0 aliphatic heterocycles. The van der Waals surface area contributed by atoms with Gasteiger partial charge in [0.15, 0.2) is 0 Å². The fourth-order valence-corrected chi connectivity index (χ4v) is 2.20. The van der Waals surface area contributed by atoms with Gasteiger partial charge < -0.3 is 10.4 Å². The first kappa shape index (κ1) is 19.9. The summed E-state index contributed by atoms with van der Waals surface area (Å²) < 4.78 is 1.61. The van der Waals surface area contributed by atoms with E-state index in [9.17, 15) is 14.7 Å². The summed E-state index contributed by atoms with van der Waals surface area (Å²) in [6.45, 7) is 12.5. The van der Waals surface area contributed by atoms with E-state index >= 15 is 0 Å². The third kappa shape index (κ3) is 6.18. The summed E-state index contributed by atoms with van der Waals surface area (Å²) in [6, 6.07) is 0.677. The van der Waals surface area contributed by atoms with E-state index in [1.165, 1.54) is 6.08 Å². The van der Waals surface area contributed by atoms with Crippen molar-refractivity contribution in [3.8, 4) is 0 Å². The second kappa shape index (κ2) is 8.13. The normalized spacial score (nSPS) is 13.5. The highest BCUT2D eigenvalue weighted by Crippen LogP contribution is 2.15. The number of allylic oxidation sites excluding steroid dienone is 1. The summed E-state index contributed by atoms with van der Waals surface area (Å²) in [4.78, 5) is 23.9. The van der Waals surface area contributed by atoms with Crippen LogP contribution in [0.1, 0.15) is 57.7 Å². The average Bonchev–Trinajstić information content (AvgIpc) is 2.84. The molecule has 134 valence electrons. The van der Waals surface area contributed by atoms with Gasteiger partial charge in [0.25, 0.3) is 5.91 Å². The lowest BCUT2D eigenvalue weighted by Crippen LogP contribution is -2.40. The summed E-state index contributed by atoms with van der Waals surface area (Å²) in [5, 5.41) is 16.3. The first-order valence-corrected chi connectivity index (χ1v) is 8.33. The van der Waals surface area contributed by atoms with Gasteiger partial charge in [-0.3, -0.25) is 9.48 Å². The van der Waals surface area contributed by atoms with Crippen molar-refractivity contribution >= 4 is 11.9 Å². The number of carbonyl (C=O) groups is 2. The van der Waals surface area contributed by atoms with E-state index < -0.39 is 17.9 Å². The molecule has 0 radical (unpaired) electrons. The molecule has 6 heteroatoms. The zero-order valence-corrected chi connectivity index (χ0v) is 15.5. The number of carboxylic acids is 1. The van der Waals surface area contributed by atoms with Crippen molar-refractivity contribution < 1.29 is 14.7 Å². The van der Waals surface area contributed by atoms with Crippen molar-refractivity contribution in [1.29, 1.82) is 0 Å². The maximum absolute atomic E-state index is 12.5. The van der Waals surface area contributed by atoms with Gasteiger partial charge in [-0.1, -0.05) is 46.8 Å². The van der Waals surface area contributed by atoms with Crippen LogP contribution in [0.3, 0.4) is 0 Å². The number of aromatic nitrogens is 2. The smallest absolute Gasteiger partial charge is 0.330 e. The number of nitrogens with one attached hydrogen (secondary N) is 1. The molecular formula is C18H29N3O3. The van der Waals surface area contributed by atoms with Crippen LogP contribution in [0.5, 0.6) is 0 Å². The monoisotopic (exact) mass is 335 g/mol. The molecule has 24 heavy (non-hydrogen) atoms. The van der Waals surface area contributed by atoms with Crippen LogP contribution in [-0.4, -0.2) is 32.8 Å². The number of amides is 1. The average molecular weight is 335 g/mol. The van der Waals surface area contributed by atoms with Gasteiger partial charge in [-0.15, -0.1) is 0 Å². The van der Waals surface area contributed by atoms with E-state index in [1.54, 1.807) is 16.8 Å². The molecule has 0 saturated carbocycles. The van der Waals surface area contributed by atoms with Gasteiger partial charge in [-0.25, -0.2) is 4.79 Å². The van der Waals surface area contributed by atoms with E-state index in [0.29, 0.717) is 18.2 Å². The van der Waals surface area contributed by atoms with Gasteiger partial charge in [-0.2, -0.15) is 5.10 Å². The first-order valence-electron chi connectivity index (χ1n) is 8.33. The fourth-order valence-electron chi connectivity index (χ4n) is 2.20. The van der Waals surface area contributed by atoms with Crippen LogP contribution in [-0.2, 0) is 17.8 Å². The first-order chi connectivity index (χ1) is 11.0. The highest BCUT2D eigenvalue weighted by Gasteiger charge is 2.22. The maximum Gasteiger partial charge on any atom is 0.330 e. The van der Waals surface area contributed by atoms with Crippen molar-refractivity contribution in [3.05, 3.63) is 29.6 Å². The van der Waals surface area contributed by atoms with Crippen molar-refractivity contribution in [2.75, 3.05) is 0 Å². The zero-order valence-electron chi connectivity index (χ0n) is 15.5. The summed E-state index contributed by atoms with van der Waals surface area (Å²) in [6.07, 6.45) is 4.08. The second-order valence-corrected chi connectivity index (χ2v) is 7.45. The van der Waals surface area contributed by atoms with Gasteiger partial charge in [0, 0.05) is 6.54 Å². The van der Waals surface area contributed by atoms with Crippen molar-refractivity contribution in [2.24, 2.45) is 11.3 Å². The molecule has 0 bridgehead atoms. The summed E-state index contributed by atoms with van der Waals surface area (Å²) in [5.74, 6) is -1.08. The molecule has 0 fully saturated rings. The van der Waals surface area contributed by atoms with Gasteiger partial charge in [-0.05, 0) is 30.7 Å². The fraction of sp³-hybridized carbons (Fsp3) is 0.611. The van der Waals surface area contributed by atoms with Gasteiger partial charge in [0.2, 0.25) is 0 Å². The summed E-state index contributed by atoms with van der Waals surface area (Å²) >= 11 is 0. The molecule has 2 N–H and O–H groups in total. The van der Waals surface area contributed by atoms with Crippen LogP contribution in [0, 0.1) is 11.3 Å². The number of aliphatic carboxylic acids is 1. The molecule has 1 amide bonds. The van der Waals surface area contributed by atoms with Crippen molar-refractivity contribution in [3.63, 3.8) is 0 Å². The molecule has 1 rings (SSSR count). The molecule has 1 aromatic rings. The van der Waals surface area contributed by atoms with Crippen LogP contribution < -0.4 is 5.32 Å². The number of hydrogen-bond acceptors (Lipinski definition) is 3. The zero-order chi connectivity index (χ0) is 18.5. The van der Waals surface area contributed by atoms with Gasteiger partial charge in [0.05, 0.1) is 5.69 Å². The number of carbonyl (C=O) groups excluding carboxylic acids is 1. The quantitative estimate of drug-likeness (QED) is 0.750. The molecule has 6 nitrogen and oxygen atoms in total. The largest absolute Gasteiger partial charge is 0.479 e. The van der Waals surface area contributed by atoms with Gasteiger partial charge in [0.1, 0.15) is 11.7 Å². The summed E-state index contributed by atoms with van der Waals surface area (Å²) in [7, 11) is 0. The molecule has 1 atom stereocenters. The predicted molar refractivity (Wildman–Crippen MR) is 93.9 cm³/mol. The Morgan fingerprint density at radius 3 is 2.46 bits per heavy atom. The Labute approximate surface area is 143 Å². The maximum atomic E-state index is 12.5. The van der Waals surface area contributed by atoms with Crippen molar-refractivity contribution in [2.45, 2.75) is 60.5 Å². The lowest BCUT2D eigenvalue weighted by Gasteiger charge is -2.15. The Morgan fingerprint density at radius 2 is 2.00 bits per heavy atom. The third-order valence-electron chi connectivity index (χ3n) is 3.32. The SMILES string of the molecule is CCn1nc(CC(C)C)cc1C(=O)NC(/C=C/C(C)(C)C)C(=O)O. The van der Waals surface area contributed by atoms with Crippen LogP contribution >= 0.6 is 0 Å². The van der Waals surface area contributed by atoms with E-state index in [-0.39, 0.29) is 5.41 Å². The van der Waals surface area contributed by atoms with Crippen LogP contribution in [0.2, 0.25) is 0 Å². The highest BCUT2D eigenvalue weighted by molar-refractivity contribution is 5.95. The molecule has 1 aromatic heterocycles. The predicted octanol–water partition coefficient (Wildman–Crippen LogP) is 2.89. The molecule has 0 aliphatic carbocycles. The van der Waals surface area contributed by atoms with Crippen LogP contribution in [0.15, 0.2) is 18.2 Å². The molecule has 0 aliphatic rings. The minimum Gasteiger partial charge on any atom is -0.479 e. The molecule has 0 saturated heterocycles. The van der Waals surface area contributed by atoms with E-state index in [1.807, 2.05) is 27.7 Å². The van der Waals surface area contributed by atoms with E-state index in [2.05, 4.69) is 24.3 Å². The van der Waals surface area contributed by atoms with Crippen LogP contribution in [0.25, 0.3) is 0 Å². The Hall–Kier alpha value is -2.11. The third-order valence-corrected chi connectivity index (χ3v) is 3.32. The molecule has 0 aromatic carbocycles. The topological polar surface area (TPSA) is 84.2 Å². The lowest BCUT2D eigenvalue weighted by molar-refractivity contribution is -0.137. The molecule has 0 spiro atoms. The molecular weight excluding hydrogens is 306 g/mol. The van der Waals surface area contributed by atoms with Gasteiger partial charge >= 0.3 is 5.97 Å². The van der Waals surface area contributed by atoms with Crippen LogP contribution in [0.4, 0.5) is 0 Å². The number of rotatable bonds is 7. The number of aryl methyl sites for hydroxylation is 1. The van der Waals surface area contributed by atoms with E-state index in [4.69, 9.17) is 0 Å². The Kier molecular flexibility index (Phi) is 6.75. The van der Waals surface area contributed by atoms with E-state index in [0.717, 1.165) is 12.1 Å². The lowest BCUT2D eigenvalue weighted by atomic mass is 9.95. The Bertz CT molecular complexity index is 610. The van der Waals surface area contributed by atoms with Crippen molar-refractivity contribution in [1.82, 2.24) is 15.1 Å². The molecule has 1 unspecified atom stereocenters. The minimum absolute atomic E-state index is 0.159. The number of hydrogen-bond donors (Lipinski definition) is 2. The minimum atomic E-state index is -1.09. The highest BCUT2D eigenvalue weighted by atomic mass is 16.4. The second-order valence-electron chi connectivity index (χ2n) is 7.45. The standard InChI is InChI=1S/C18H29N3O3/c1-7-21-15(11-13(20-21)10-12(2)3)16(22)19-14(17(23)24)8-9-18(4,5)6/h8-9,11-12,14H,7,10H2,1-6H3,(H,19,22)(H,23,24)/b9-8+.